The van der Waals surface area contributed by atoms with Crippen LogP contribution < -0.4 is 5.32 Å². The highest BCUT2D eigenvalue weighted by Gasteiger charge is 2.15. The number of benzene rings is 1. The largest absolute Gasteiger partial charge is 0.340 e. The maximum Gasteiger partial charge on any atom is 0.272 e. The summed E-state index contributed by atoms with van der Waals surface area (Å²) in [4.78, 5) is 16.3. The van der Waals surface area contributed by atoms with E-state index in [1.165, 1.54) is 6.07 Å². The Labute approximate surface area is 129 Å². The maximum atomic E-state index is 13.6. The van der Waals surface area contributed by atoms with Gasteiger partial charge in [0.1, 0.15) is 17.3 Å². The highest BCUT2D eigenvalue weighted by molar-refractivity contribution is 6.03. The molecule has 3 rings (SSSR count). The van der Waals surface area contributed by atoms with Crippen molar-refractivity contribution in [3.05, 3.63) is 65.6 Å². The first-order chi connectivity index (χ1) is 11.0. The molecule has 0 radical (unpaired) electrons. The van der Waals surface area contributed by atoms with E-state index in [2.05, 4.69) is 15.5 Å². The first kappa shape index (κ1) is 14.9. The molecule has 23 heavy (non-hydrogen) atoms. The summed E-state index contributed by atoms with van der Waals surface area (Å²) in [6.45, 7) is 1.90. The van der Waals surface area contributed by atoms with Crippen molar-refractivity contribution < 1.29 is 18.1 Å². The lowest BCUT2D eigenvalue weighted by molar-refractivity contribution is 0.101. The Morgan fingerprint density at radius 1 is 1.35 bits per heavy atom. The van der Waals surface area contributed by atoms with E-state index < -0.39 is 17.5 Å². The van der Waals surface area contributed by atoms with Crippen LogP contribution in [-0.4, -0.2) is 20.6 Å². The summed E-state index contributed by atoms with van der Waals surface area (Å²) < 4.78 is 33.0. The lowest BCUT2D eigenvalue weighted by Gasteiger charge is -2.09. The minimum atomic E-state index is -0.842. The molecule has 118 valence electrons. The highest BCUT2D eigenvalue weighted by atomic mass is 19.1. The van der Waals surface area contributed by atoms with Gasteiger partial charge in [0, 0.05) is 19.2 Å². The number of hydrogen-bond donors (Lipinski definition) is 1. The Morgan fingerprint density at radius 2 is 2.17 bits per heavy atom. The van der Waals surface area contributed by atoms with Crippen molar-refractivity contribution in [1.29, 1.82) is 0 Å². The van der Waals surface area contributed by atoms with Crippen LogP contribution in [0.5, 0.6) is 0 Å². The number of carbonyl (C=O) groups is 1. The van der Waals surface area contributed by atoms with Crippen LogP contribution in [0.15, 0.2) is 41.1 Å². The third kappa shape index (κ3) is 3.25. The number of nitrogens with zero attached hydrogens (tertiary/aromatic N) is 3. The van der Waals surface area contributed by atoms with E-state index in [0.29, 0.717) is 17.8 Å². The third-order valence-corrected chi connectivity index (χ3v) is 3.12. The van der Waals surface area contributed by atoms with Crippen LogP contribution >= 0.6 is 0 Å². The highest BCUT2D eigenvalue weighted by Crippen LogP contribution is 2.16. The van der Waals surface area contributed by atoms with Gasteiger partial charge < -0.3 is 14.4 Å². The molecule has 0 aliphatic carbocycles. The van der Waals surface area contributed by atoms with Crippen molar-refractivity contribution in [1.82, 2.24) is 14.7 Å². The zero-order valence-electron chi connectivity index (χ0n) is 12.1. The van der Waals surface area contributed by atoms with E-state index in [9.17, 15) is 13.6 Å². The van der Waals surface area contributed by atoms with Gasteiger partial charge in [0.15, 0.2) is 5.82 Å². The molecular weight excluding hydrogens is 306 g/mol. The normalized spacial score (nSPS) is 10.7. The van der Waals surface area contributed by atoms with Gasteiger partial charge in [-0.05, 0) is 24.3 Å². The Balaban J connectivity index is 1.79. The lowest BCUT2D eigenvalue weighted by atomic mass is 10.3. The van der Waals surface area contributed by atoms with E-state index in [1.807, 2.05) is 0 Å². The molecular formula is C15H12F2N4O2. The van der Waals surface area contributed by atoms with E-state index >= 15 is 0 Å². The molecule has 0 saturated heterocycles. The van der Waals surface area contributed by atoms with Crippen LogP contribution in [0, 0.1) is 18.6 Å². The quantitative estimate of drug-likeness (QED) is 0.803. The zero-order valence-corrected chi connectivity index (χ0v) is 12.1. The van der Waals surface area contributed by atoms with E-state index in [4.69, 9.17) is 4.52 Å². The lowest BCUT2D eigenvalue weighted by Crippen LogP contribution is -2.18. The van der Waals surface area contributed by atoms with Crippen LogP contribution in [0.3, 0.4) is 0 Å². The summed E-state index contributed by atoms with van der Waals surface area (Å²) in [6.07, 6.45) is 1.67. The molecule has 6 nitrogen and oxygen atoms in total. The number of amides is 1. The predicted molar refractivity (Wildman–Crippen MR) is 76.9 cm³/mol. The molecule has 2 heterocycles. The van der Waals surface area contributed by atoms with Crippen molar-refractivity contribution in [3.8, 4) is 0 Å². The molecule has 2 aromatic heterocycles. The van der Waals surface area contributed by atoms with Crippen molar-refractivity contribution in [2.75, 3.05) is 5.32 Å². The molecule has 0 fully saturated rings. The number of aromatic nitrogens is 3. The van der Waals surface area contributed by atoms with Gasteiger partial charge in [0.25, 0.3) is 5.91 Å². The Hall–Kier alpha value is -3.03. The molecule has 0 unspecified atom stereocenters. The minimum Gasteiger partial charge on any atom is -0.340 e. The van der Waals surface area contributed by atoms with Gasteiger partial charge in [0.2, 0.25) is 5.89 Å². The minimum absolute atomic E-state index is 0.0976. The molecule has 3 aromatic rings. The van der Waals surface area contributed by atoms with Gasteiger partial charge in [-0.1, -0.05) is 5.16 Å². The molecule has 0 spiro atoms. The smallest absolute Gasteiger partial charge is 0.272 e. The summed E-state index contributed by atoms with van der Waals surface area (Å²) in [7, 11) is 0. The third-order valence-electron chi connectivity index (χ3n) is 3.12. The number of rotatable bonds is 4. The topological polar surface area (TPSA) is 73.0 Å². The van der Waals surface area contributed by atoms with Crippen LogP contribution in [0.4, 0.5) is 14.5 Å². The number of aryl methyl sites for hydroxylation is 1. The van der Waals surface area contributed by atoms with Crippen molar-refractivity contribution in [3.63, 3.8) is 0 Å². The molecule has 8 heteroatoms. The summed E-state index contributed by atoms with van der Waals surface area (Å²) in [5.41, 5.74) is 0.190. The van der Waals surface area contributed by atoms with Gasteiger partial charge >= 0.3 is 0 Å². The molecule has 0 aliphatic rings. The Morgan fingerprint density at radius 3 is 2.87 bits per heavy atom. The molecule has 1 amide bonds. The van der Waals surface area contributed by atoms with Crippen molar-refractivity contribution in [2.45, 2.75) is 13.5 Å². The number of halogens is 2. The summed E-state index contributed by atoms with van der Waals surface area (Å²) >= 11 is 0. The molecule has 0 aliphatic heterocycles. The fourth-order valence-corrected chi connectivity index (χ4v) is 2.09. The van der Waals surface area contributed by atoms with E-state index in [1.54, 1.807) is 29.8 Å². The number of carbonyl (C=O) groups excluding carboxylic acids is 1. The monoisotopic (exact) mass is 318 g/mol. The Kier molecular flexibility index (Phi) is 3.88. The van der Waals surface area contributed by atoms with Gasteiger partial charge in [-0.3, -0.25) is 4.79 Å². The molecule has 1 aromatic carbocycles. The number of hydrogen-bond acceptors (Lipinski definition) is 4. The van der Waals surface area contributed by atoms with Gasteiger partial charge in [-0.2, -0.15) is 4.98 Å². The second-order valence-electron chi connectivity index (χ2n) is 4.83. The molecule has 0 atom stereocenters. The fourth-order valence-electron chi connectivity index (χ4n) is 2.09. The summed E-state index contributed by atoms with van der Waals surface area (Å²) in [5, 5.41) is 6.16. The van der Waals surface area contributed by atoms with Crippen LogP contribution in [-0.2, 0) is 6.54 Å². The summed E-state index contributed by atoms with van der Waals surface area (Å²) in [5.74, 6) is -1.24. The SMILES string of the molecule is Cc1nc(Cn2cccc2C(=O)Nc2ccc(F)cc2F)no1. The average molecular weight is 318 g/mol. The second-order valence-corrected chi connectivity index (χ2v) is 4.83. The first-order valence-corrected chi connectivity index (χ1v) is 6.73. The average Bonchev–Trinajstić information content (AvgIpc) is 3.11. The molecule has 1 N–H and O–H groups in total. The standard InChI is InChI=1S/C15H12F2N4O2/c1-9-18-14(20-23-9)8-21-6-2-3-13(21)15(22)19-12-5-4-10(16)7-11(12)17/h2-7H,8H2,1H3,(H,19,22). The van der Waals surface area contributed by atoms with E-state index in [-0.39, 0.29) is 17.9 Å². The molecule has 0 bridgehead atoms. The fraction of sp³-hybridized carbons (Fsp3) is 0.133. The predicted octanol–water partition coefficient (Wildman–Crippen LogP) is 2.76. The maximum absolute atomic E-state index is 13.6. The van der Waals surface area contributed by atoms with Gasteiger partial charge in [0.05, 0.1) is 12.2 Å². The van der Waals surface area contributed by atoms with Crippen LogP contribution in [0.25, 0.3) is 0 Å². The van der Waals surface area contributed by atoms with Crippen LogP contribution in [0.1, 0.15) is 22.2 Å². The number of nitrogens with one attached hydrogen (secondary N) is 1. The molecule has 0 saturated carbocycles. The van der Waals surface area contributed by atoms with E-state index in [0.717, 1.165) is 6.07 Å². The number of anilines is 1. The van der Waals surface area contributed by atoms with Crippen LogP contribution in [0.2, 0.25) is 0 Å². The zero-order chi connectivity index (χ0) is 16.4. The Bertz CT molecular complexity index is 857. The van der Waals surface area contributed by atoms with Crippen molar-refractivity contribution >= 4 is 11.6 Å². The van der Waals surface area contributed by atoms with Gasteiger partial charge in [-0.25, -0.2) is 8.78 Å². The van der Waals surface area contributed by atoms with Crippen molar-refractivity contribution in [2.24, 2.45) is 0 Å². The first-order valence-electron chi connectivity index (χ1n) is 6.73. The van der Waals surface area contributed by atoms with Gasteiger partial charge in [-0.15, -0.1) is 0 Å². The summed E-state index contributed by atoms with van der Waals surface area (Å²) in [6, 6.07) is 6.18. The second kappa shape index (κ2) is 5.99.